The first-order chi connectivity index (χ1) is 11.1. The molecule has 7 heteroatoms. The average Bonchev–Trinajstić information content (AvgIpc) is 2.57. The number of thioether (sulfide) groups is 1. The molecule has 1 fully saturated rings. The van der Waals surface area contributed by atoms with E-state index < -0.39 is 23.7 Å². The quantitative estimate of drug-likeness (QED) is 0.786. The van der Waals surface area contributed by atoms with Crippen LogP contribution in [0.2, 0.25) is 0 Å². The molecule has 0 saturated carbocycles. The first-order valence-electron chi connectivity index (χ1n) is 7.09. The molecular formula is C16H16FNO4S. The molecule has 0 bridgehead atoms. The van der Waals surface area contributed by atoms with Crippen molar-refractivity contribution in [1.82, 2.24) is 4.98 Å². The second kappa shape index (κ2) is 6.84. The largest absolute Gasteiger partial charge is 0.475 e. The highest BCUT2D eigenvalue weighted by Gasteiger charge is 2.38. The minimum atomic E-state index is -1.26. The number of rotatable bonds is 3. The van der Waals surface area contributed by atoms with Crippen molar-refractivity contribution in [2.75, 3.05) is 5.75 Å². The number of aliphatic hydroxyl groups excluding tert-OH is 3. The monoisotopic (exact) mass is 337 g/mol. The van der Waals surface area contributed by atoms with Gasteiger partial charge < -0.3 is 20.1 Å². The lowest BCUT2D eigenvalue weighted by Crippen LogP contribution is -2.50. The third kappa shape index (κ3) is 3.48. The number of pyridine rings is 1. The van der Waals surface area contributed by atoms with E-state index in [4.69, 9.17) is 4.74 Å². The zero-order chi connectivity index (χ0) is 16.4. The van der Waals surface area contributed by atoms with Gasteiger partial charge in [0.05, 0.1) is 6.10 Å². The molecule has 2 aromatic rings. The summed E-state index contributed by atoms with van der Waals surface area (Å²) in [5.41, 5.74) is 0.468. The summed E-state index contributed by atoms with van der Waals surface area (Å²) in [7, 11) is 0. The summed E-state index contributed by atoms with van der Waals surface area (Å²) in [5.74, 6) is 0.330. The summed E-state index contributed by atoms with van der Waals surface area (Å²) in [6, 6.07) is 9.22. The van der Waals surface area contributed by atoms with Gasteiger partial charge in [0.15, 0.2) is 5.44 Å². The van der Waals surface area contributed by atoms with E-state index in [1.807, 2.05) is 0 Å². The minimum absolute atomic E-state index is 0.259. The van der Waals surface area contributed by atoms with E-state index in [9.17, 15) is 19.7 Å². The summed E-state index contributed by atoms with van der Waals surface area (Å²) in [4.78, 5) is 4.25. The number of aliphatic hydroxyl groups is 3. The van der Waals surface area contributed by atoms with E-state index in [1.54, 1.807) is 30.5 Å². The van der Waals surface area contributed by atoms with Crippen LogP contribution in [0.15, 0.2) is 42.6 Å². The van der Waals surface area contributed by atoms with Gasteiger partial charge in [-0.05, 0) is 36.4 Å². The van der Waals surface area contributed by atoms with Crippen LogP contribution in [0.5, 0.6) is 5.75 Å². The highest BCUT2D eigenvalue weighted by atomic mass is 32.2. The highest BCUT2D eigenvalue weighted by Crippen LogP contribution is 2.33. The van der Waals surface area contributed by atoms with Gasteiger partial charge >= 0.3 is 0 Å². The van der Waals surface area contributed by atoms with Gasteiger partial charge in [-0.1, -0.05) is 0 Å². The topological polar surface area (TPSA) is 82.8 Å². The molecule has 1 aromatic heterocycles. The number of hydrogen-bond donors (Lipinski definition) is 3. The number of benzene rings is 1. The van der Waals surface area contributed by atoms with Gasteiger partial charge in [-0.3, -0.25) is 4.98 Å². The molecule has 5 nitrogen and oxygen atoms in total. The Labute approximate surface area is 136 Å². The van der Waals surface area contributed by atoms with Crippen molar-refractivity contribution in [3.05, 3.63) is 48.4 Å². The van der Waals surface area contributed by atoms with Crippen molar-refractivity contribution >= 4 is 11.8 Å². The minimum Gasteiger partial charge on any atom is -0.475 e. The normalized spacial score (nSPS) is 27.7. The molecule has 23 heavy (non-hydrogen) atoms. The van der Waals surface area contributed by atoms with Gasteiger partial charge in [-0.25, -0.2) is 4.39 Å². The summed E-state index contributed by atoms with van der Waals surface area (Å²) in [6.45, 7) is 0. The SMILES string of the molecule is O[C@@H]1[C@@H](O)[C@@H](Oc2cccnc2-c2ccc(F)cc2)SC[C@H]1O. The van der Waals surface area contributed by atoms with Crippen molar-refractivity contribution in [3.8, 4) is 17.0 Å². The summed E-state index contributed by atoms with van der Waals surface area (Å²) >= 11 is 1.21. The van der Waals surface area contributed by atoms with Crippen molar-refractivity contribution in [1.29, 1.82) is 0 Å². The van der Waals surface area contributed by atoms with Crippen LogP contribution >= 0.6 is 11.8 Å². The maximum absolute atomic E-state index is 13.1. The van der Waals surface area contributed by atoms with Crippen LogP contribution in [-0.4, -0.2) is 49.8 Å². The molecule has 0 aliphatic carbocycles. The Kier molecular flexibility index (Phi) is 4.82. The molecule has 1 aromatic carbocycles. The molecule has 3 N–H and O–H groups in total. The first kappa shape index (κ1) is 16.2. The van der Waals surface area contributed by atoms with Crippen LogP contribution in [-0.2, 0) is 0 Å². The summed E-state index contributed by atoms with van der Waals surface area (Å²) in [5, 5.41) is 29.4. The van der Waals surface area contributed by atoms with Gasteiger partial charge in [-0.2, -0.15) is 0 Å². The van der Waals surface area contributed by atoms with Crippen LogP contribution in [0.4, 0.5) is 4.39 Å². The fourth-order valence-electron chi connectivity index (χ4n) is 2.32. The molecule has 0 amide bonds. The van der Waals surface area contributed by atoms with Gasteiger partial charge in [-0.15, -0.1) is 11.8 Å². The Bertz CT molecular complexity index is 669. The standard InChI is InChI=1S/C16H16FNO4S/c17-10-5-3-9(4-6-10)13-12(2-1-7-18-13)22-16-15(21)14(20)11(19)8-23-16/h1-7,11,14-16,19-21H,8H2/t11-,14+,15-,16+/m1/s1. The van der Waals surface area contributed by atoms with Crippen LogP contribution in [0.25, 0.3) is 11.3 Å². The Morgan fingerprint density at radius 1 is 1.09 bits per heavy atom. The lowest BCUT2D eigenvalue weighted by atomic mass is 10.1. The van der Waals surface area contributed by atoms with E-state index in [0.29, 0.717) is 17.0 Å². The van der Waals surface area contributed by atoms with Gasteiger partial charge in [0.25, 0.3) is 0 Å². The van der Waals surface area contributed by atoms with Crippen LogP contribution in [0.1, 0.15) is 0 Å². The molecule has 0 spiro atoms. The Hall–Kier alpha value is -1.67. The van der Waals surface area contributed by atoms with Gasteiger partial charge in [0.1, 0.15) is 29.5 Å². The zero-order valence-corrected chi connectivity index (χ0v) is 12.9. The summed E-state index contributed by atoms with van der Waals surface area (Å²) in [6.07, 6.45) is -1.87. The number of aromatic nitrogens is 1. The van der Waals surface area contributed by atoms with Crippen molar-refractivity contribution < 1.29 is 24.4 Å². The molecule has 1 saturated heterocycles. The number of hydrogen-bond acceptors (Lipinski definition) is 6. The Morgan fingerprint density at radius 3 is 2.57 bits per heavy atom. The maximum atomic E-state index is 13.1. The van der Waals surface area contributed by atoms with Crippen molar-refractivity contribution in [2.45, 2.75) is 23.7 Å². The second-order valence-corrected chi connectivity index (χ2v) is 6.36. The number of halogens is 1. The highest BCUT2D eigenvalue weighted by molar-refractivity contribution is 7.99. The Morgan fingerprint density at radius 2 is 1.83 bits per heavy atom. The van der Waals surface area contributed by atoms with Crippen molar-refractivity contribution in [3.63, 3.8) is 0 Å². The molecule has 1 aliphatic heterocycles. The third-order valence-corrected chi connectivity index (χ3v) is 4.82. The average molecular weight is 337 g/mol. The van der Waals surface area contributed by atoms with E-state index >= 15 is 0 Å². The van der Waals surface area contributed by atoms with Crippen molar-refractivity contribution in [2.24, 2.45) is 0 Å². The lowest BCUT2D eigenvalue weighted by molar-refractivity contribution is -0.0785. The number of ether oxygens (including phenoxy) is 1. The lowest BCUT2D eigenvalue weighted by Gasteiger charge is -2.34. The van der Waals surface area contributed by atoms with E-state index in [2.05, 4.69) is 4.98 Å². The predicted molar refractivity (Wildman–Crippen MR) is 84.5 cm³/mol. The Balaban J connectivity index is 1.85. The van der Waals surface area contributed by atoms with Crippen LogP contribution in [0, 0.1) is 5.82 Å². The number of nitrogens with zero attached hydrogens (tertiary/aromatic N) is 1. The fourth-order valence-corrected chi connectivity index (χ4v) is 3.43. The predicted octanol–water partition coefficient (Wildman–Crippen LogP) is 1.42. The molecule has 0 radical (unpaired) electrons. The summed E-state index contributed by atoms with van der Waals surface area (Å²) < 4.78 is 18.9. The third-order valence-electron chi connectivity index (χ3n) is 3.59. The van der Waals surface area contributed by atoms with Gasteiger partial charge in [0.2, 0.25) is 0 Å². The molecule has 4 atom stereocenters. The molecule has 0 unspecified atom stereocenters. The molecular weight excluding hydrogens is 321 g/mol. The van der Waals surface area contributed by atoms with Crippen LogP contribution < -0.4 is 4.74 Å². The van der Waals surface area contributed by atoms with E-state index in [1.165, 1.54) is 23.9 Å². The van der Waals surface area contributed by atoms with E-state index in [-0.39, 0.29) is 11.6 Å². The maximum Gasteiger partial charge on any atom is 0.173 e. The fraction of sp³-hybridized carbons (Fsp3) is 0.312. The molecule has 1 aliphatic rings. The second-order valence-electron chi connectivity index (χ2n) is 5.23. The molecule has 122 valence electrons. The van der Waals surface area contributed by atoms with Crippen LogP contribution in [0.3, 0.4) is 0 Å². The van der Waals surface area contributed by atoms with Gasteiger partial charge in [0, 0.05) is 17.5 Å². The first-order valence-corrected chi connectivity index (χ1v) is 8.14. The smallest absolute Gasteiger partial charge is 0.173 e. The molecule has 2 heterocycles. The van der Waals surface area contributed by atoms with E-state index in [0.717, 1.165) is 0 Å². The zero-order valence-electron chi connectivity index (χ0n) is 12.0. The molecule has 3 rings (SSSR count).